The monoisotopic (exact) mass is 182 g/mol. The van der Waals surface area contributed by atoms with Crippen molar-refractivity contribution in [2.24, 2.45) is 0 Å². The predicted molar refractivity (Wildman–Crippen MR) is 30.3 cm³/mol. The van der Waals surface area contributed by atoms with E-state index in [9.17, 15) is 4.79 Å². The summed E-state index contributed by atoms with van der Waals surface area (Å²) >= 11 is 0. The van der Waals surface area contributed by atoms with Gasteiger partial charge in [-0.15, -0.1) is 0 Å². The predicted octanol–water partition coefficient (Wildman–Crippen LogP) is -0.268. The van der Waals surface area contributed by atoms with Crippen LogP contribution in [0.4, 0.5) is 0 Å². The molecule has 0 heterocycles. The first-order valence-electron chi connectivity index (χ1n) is 2.56. The molecule has 10 heavy (non-hydrogen) atoms. The van der Waals surface area contributed by atoms with Crippen LogP contribution in [0, 0.1) is 0 Å². The Labute approximate surface area is 74.4 Å². The largest absolute Gasteiger partial charge is 0.480 e. The minimum atomic E-state index is -0.953. The van der Waals surface area contributed by atoms with Crippen molar-refractivity contribution >= 4 is 5.97 Å². The number of hydrogen-bond donors (Lipinski definition) is 1. The van der Waals surface area contributed by atoms with E-state index in [-0.39, 0.29) is 28.3 Å². The molecule has 0 aliphatic carbocycles. The Morgan fingerprint density at radius 1 is 1.50 bits per heavy atom. The first kappa shape index (κ1) is 12.8. The fourth-order valence-electron chi connectivity index (χ4n) is 0.302. The number of aliphatic carboxylic acids is 1. The Hall–Kier alpha value is 0.104. The Morgan fingerprint density at radius 2 is 2.10 bits per heavy atom. The fraction of sp³-hybridized carbons (Fsp3) is 0.800. The van der Waals surface area contributed by atoms with Crippen LogP contribution in [0.2, 0.25) is 0 Å². The van der Waals surface area contributed by atoms with Gasteiger partial charge in [0.2, 0.25) is 0 Å². The SMILES string of the molecule is COCCOCC(=O)O.[Ti]. The van der Waals surface area contributed by atoms with E-state index in [1.165, 1.54) is 7.11 Å². The number of hydrogen-bond acceptors (Lipinski definition) is 3. The quantitative estimate of drug-likeness (QED) is 0.469. The van der Waals surface area contributed by atoms with E-state index in [4.69, 9.17) is 5.11 Å². The molecule has 0 fully saturated rings. The van der Waals surface area contributed by atoms with Gasteiger partial charge < -0.3 is 14.6 Å². The van der Waals surface area contributed by atoms with E-state index >= 15 is 0 Å². The first-order valence-corrected chi connectivity index (χ1v) is 2.56. The molecule has 0 aromatic heterocycles. The molecule has 58 valence electrons. The van der Waals surface area contributed by atoms with Gasteiger partial charge in [0.05, 0.1) is 13.2 Å². The summed E-state index contributed by atoms with van der Waals surface area (Å²) in [5.74, 6) is -0.953. The number of ether oxygens (including phenoxy) is 2. The molecule has 0 aliphatic rings. The second-order valence-electron chi connectivity index (χ2n) is 1.44. The molecule has 0 radical (unpaired) electrons. The molecular formula is C5H10O4Ti. The molecule has 0 unspecified atom stereocenters. The molecule has 0 saturated heterocycles. The Morgan fingerprint density at radius 3 is 2.50 bits per heavy atom. The van der Waals surface area contributed by atoms with Gasteiger partial charge in [0.1, 0.15) is 6.61 Å². The third kappa shape index (κ3) is 11.0. The van der Waals surface area contributed by atoms with Crippen LogP contribution in [-0.4, -0.2) is 38.0 Å². The fourth-order valence-corrected chi connectivity index (χ4v) is 0.302. The summed E-state index contributed by atoms with van der Waals surface area (Å²) in [6, 6.07) is 0. The minimum Gasteiger partial charge on any atom is -0.480 e. The second kappa shape index (κ2) is 9.10. The summed E-state index contributed by atoms with van der Waals surface area (Å²) in [6.45, 7) is 0.527. The molecule has 0 saturated carbocycles. The average Bonchev–Trinajstić information content (AvgIpc) is 1.80. The van der Waals surface area contributed by atoms with Crippen molar-refractivity contribution < 1.29 is 41.1 Å². The van der Waals surface area contributed by atoms with E-state index in [0.717, 1.165) is 0 Å². The van der Waals surface area contributed by atoms with Gasteiger partial charge in [0, 0.05) is 28.8 Å². The zero-order chi connectivity index (χ0) is 7.11. The third-order valence-electron chi connectivity index (χ3n) is 0.657. The Kier molecular flexibility index (Phi) is 11.6. The van der Waals surface area contributed by atoms with E-state index in [1.54, 1.807) is 0 Å². The maximum absolute atomic E-state index is 9.80. The minimum absolute atomic E-state index is 0. The average molecular weight is 182 g/mol. The summed E-state index contributed by atoms with van der Waals surface area (Å²) in [7, 11) is 1.53. The topological polar surface area (TPSA) is 55.8 Å². The van der Waals surface area contributed by atoms with Gasteiger partial charge >= 0.3 is 5.97 Å². The first-order chi connectivity index (χ1) is 4.27. The van der Waals surface area contributed by atoms with Gasteiger partial charge in [-0.25, -0.2) is 4.79 Å². The Balaban J connectivity index is 0. The van der Waals surface area contributed by atoms with Gasteiger partial charge in [0.15, 0.2) is 0 Å². The maximum Gasteiger partial charge on any atom is 0.329 e. The second-order valence-corrected chi connectivity index (χ2v) is 1.44. The van der Waals surface area contributed by atoms with Crippen LogP contribution in [0.25, 0.3) is 0 Å². The van der Waals surface area contributed by atoms with Gasteiger partial charge in [-0.2, -0.15) is 0 Å². The van der Waals surface area contributed by atoms with Crippen molar-refractivity contribution in [3.05, 3.63) is 0 Å². The summed E-state index contributed by atoms with van der Waals surface area (Å²) in [5, 5.41) is 8.05. The van der Waals surface area contributed by atoms with Crippen molar-refractivity contribution in [2.45, 2.75) is 0 Å². The van der Waals surface area contributed by atoms with Gasteiger partial charge in [-0.1, -0.05) is 0 Å². The molecule has 4 nitrogen and oxygen atoms in total. The molecular weight excluding hydrogens is 172 g/mol. The summed E-state index contributed by atoms with van der Waals surface area (Å²) < 4.78 is 9.22. The van der Waals surface area contributed by atoms with Crippen LogP contribution < -0.4 is 0 Å². The van der Waals surface area contributed by atoms with Crippen LogP contribution in [0.1, 0.15) is 0 Å². The van der Waals surface area contributed by atoms with E-state index < -0.39 is 5.97 Å². The molecule has 0 rings (SSSR count). The van der Waals surface area contributed by atoms with Crippen molar-refractivity contribution in [1.82, 2.24) is 0 Å². The van der Waals surface area contributed by atoms with E-state index in [0.29, 0.717) is 13.2 Å². The molecule has 5 heteroatoms. The van der Waals surface area contributed by atoms with E-state index in [1.807, 2.05) is 0 Å². The van der Waals surface area contributed by atoms with Crippen LogP contribution >= 0.6 is 0 Å². The van der Waals surface area contributed by atoms with Crippen molar-refractivity contribution in [2.75, 3.05) is 26.9 Å². The molecule has 0 aliphatic heterocycles. The molecule has 0 atom stereocenters. The van der Waals surface area contributed by atoms with Crippen LogP contribution in [0.15, 0.2) is 0 Å². The third-order valence-corrected chi connectivity index (χ3v) is 0.657. The van der Waals surface area contributed by atoms with Crippen molar-refractivity contribution in [3.63, 3.8) is 0 Å². The zero-order valence-electron chi connectivity index (χ0n) is 5.79. The summed E-state index contributed by atoms with van der Waals surface area (Å²) in [4.78, 5) is 9.80. The molecule has 0 aromatic rings. The smallest absolute Gasteiger partial charge is 0.329 e. The summed E-state index contributed by atoms with van der Waals surface area (Å²) in [5.41, 5.74) is 0. The van der Waals surface area contributed by atoms with Crippen LogP contribution in [0.5, 0.6) is 0 Å². The normalized spacial score (nSPS) is 8.50. The maximum atomic E-state index is 9.80. The number of rotatable bonds is 5. The zero-order valence-corrected chi connectivity index (χ0v) is 7.35. The number of methoxy groups -OCH3 is 1. The number of carbonyl (C=O) groups is 1. The van der Waals surface area contributed by atoms with Gasteiger partial charge in [-0.05, 0) is 0 Å². The standard InChI is InChI=1S/C5H10O4.Ti/c1-8-2-3-9-4-5(6)7;/h2-4H2,1H3,(H,6,7);. The van der Waals surface area contributed by atoms with E-state index in [2.05, 4.69) is 9.47 Å². The van der Waals surface area contributed by atoms with Crippen LogP contribution in [0.3, 0.4) is 0 Å². The number of carboxylic acids is 1. The van der Waals surface area contributed by atoms with Crippen molar-refractivity contribution in [1.29, 1.82) is 0 Å². The Bertz CT molecular complexity index is 85.7. The van der Waals surface area contributed by atoms with Gasteiger partial charge in [0.25, 0.3) is 0 Å². The molecule has 0 amide bonds. The molecule has 0 bridgehead atoms. The van der Waals surface area contributed by atoms with Crippen molar-refractivity contribution in [3.8, 4) is 0 Å². The summed E-state index contributed by atoms with van der Waals surface area (Å²) in [6.07, 6.45) is 0. The van der Waals surface area contributed by atoms with Crippen LogP contribution in [-0.2, 0) is 36.0 Å². The molecule has 0 spiro atoms. The molecule has 1 N–H and O–H groups in total. The molecule has 0 aromatic carbocycles. The number of carboxylic acid groups (broad SMARTS) is 1. The van der Waals surface area contributed by atoms with Gasteiger partial charge in [-0.3, -0.25) is 0 Å².